The number of ether oxygens (including phenoxy) is 2. The van der Waals surface area contributed by atoms with Crippen LogP contribution in [0.4, 0.5) is 8.78 Å². The molecular weight excluding hydrogens is 542 g/mol. The summed E-state index contributed by atoms with van der Waals surface area (Å²) in [5, 5.41) is 4.29. The van der Waals surface area contributed by atoms with Gasteiger partial charge in [0.25, 0.3) is 5.56 Å². The molecule has 0 aliphatic rings. The van der Waals surface area contributed by atoms with E-state index < -0.39 is 23.0 Å². The summed E-state index contributed by atoms with van der Waals surface area (Å²) in [6.07, 6.45) is 6.37. The summed E-state index contributed by atoms with van der Waals surface area (Å²) in [5.74, 6) is -0.795. The summed E-state index contributed by atoms with van der Waals surface area (Å²) in [4.78, 5) is 30.3. The molecule has 0 bridgehead atoms. The number of carbonyl (C=O) groups is 1. The molecule has 42 heavy (non-hydrogen) atoms. The van der Waals surface area contributed by atoms with E-state index in [1.54, 1.807) is 47.2 Å². The van der Waals surface area contributed by atoms with Gasteiger partial charge in [0.05, 0.1) is 18.9 Å². The summed E-state index contributed by atoms with van der Waals surface area (Å²) < 4.78 is 42.5. The van der Waals surface area contributed by atoms with Crippen LogP contribution < -0.4 is 15.0 Å². The van der Waals surface area contributed by atoms with Crippen LogP contribution in [0.25, 0.3) is 22.3 Å². The third-order valence-corrected chi connectivity index (χ3v) is 6.68. The van der Waals surface area contributed by atoms with Crippen LogP contribution in [0.3, 0.4) is 0 Å². The molecule has 0 N–H and O–H groups in total. The third kappa shape index (κ3) is 5.25. The minimum atomic E-state index is -0.675. The lowest BCUT2D eigenvalue weighted by Gasteiger charge is -2.12. The number of carbonyl (C=O) groups excluding carboxylic acids is 1. The fraction of sp³-hybridized carbons (Fsp3) is 0.0625. The van der Waals surface area contributed by atoms with Gasteiger partial charge in [-0.1, -0.05) is 6.07 Å². The van der Waals surface area contributed by atoms with Gasteiger partial charge in [-0.25, -0.2) is 18.3 Å². The van der Waals surface area contributed by atoms with Crippen LogP contribution in [0.1, 0.15) is 15.9 Å². The Morgan fingerprint density at radius 2 is 1.76 bits per heavy atom. The first kappa shape index (κ1) is 26.6. The largest absolute Gasteiger partial charge is 0.481 e. The van der Waals surface area contributed by atoms with Gasteiger partial charge in [-0.2, -0.15) is 5.10 Å². The number of ketones is 1. The second-order valence-corrected chi connectivity index (χ2v) is 9.38. The predicted octanol–water partition coefficient (Wildman–Crippen LogP) is 6.05. The number of aromatic nitrogens is 4. The van der Waals surface area contributed by atoms with Crippen molar-refractivity contribution in [3.8, 4) is 34.2 Å². The van der Waals surface area contributed by atoms with E-state index in [9.17, 15) is 14.0 Å². The monoisotopic (exact) mass is 564 g/mol. The molecule has 0 aliphatic carbocycles. The standard InChI is InChI=1S/C32H22F2N4O4/c1-41-31-11-5-21(18-35-31)22-17-30(27-12-13-36-38(27)19-22)42-29-10-4-20(15-26(29)34)16-28(39)25-3-2-14-37(32(25)40)24-8-6-23(33)7-9-24/h2-15,17-19H,16H2,1H3. The maximum atomic E-state index is 15.2. The normalized spacial score (nSPS) is 11.0. The zero-order valence-corrected chi connectivity index (χ0v) is 22.2. The zero-order chi connectivity index (χ0) is 29.2. The average Bonchev–Trinajstić information content (AvgIpc) is 3.48. The summed E-state index contributed by atoms with van der Waals surface area (Å²) in [6.45, 7) is 0. The highest BCUT2D eigenvalue weighted by atomic mass is 19.1. The van der Waals surface area contributed by atoms with Crippen LogP contribution in [0.15, 0.2) is 108 Å². The van der Waals surface area contributed by atoms with Gasteiger partial charge in [-0.05, 0) is 72.3 Å². The Morgan fingerprint density at radius 3 is 2.50 bits per heavy atom. The van der Waals surface area contributed by atoms with Gasteiger partial charge in [0, 0.05) is 47.9 Å². The van der Waals surface area contributed by atoms with E-state index in [1.165, 1.54) is 60.3 Å². The summed E-state index contributed by atoms with van der Waals surface area (Å²) in [6, 6.07) is 19.6. The molecule has 2 aromatic carbocycles. The van der Waals surface area contributed by atoms with Crippen LogP contribution >= 0.6 is 0 Å². The first-order valence-corrected chi connectivity index (χ1v) is 12.8. The van der Waals surface area contributed by atoms with Crippen LogP contribution in [0.2, 0.25) is 0 Å². The number of methoxy groups -OCH3 is 1. The number of nitrogens with zero attached hydrogens (tertiary/aromatic N) is 4. The topological polar surface area (TPSA) is 87.7 Å². The first-order chi connectivity index (χ1) is 20.4. The van der Waals surface area contributed by atoms with E-state index in [0.29, 0.717) is 28.4 Å². The number of halogens is 2. The number of pyridine rings is 3. The zero-order valence-electron chi connectivity index (χ0n) is 22.2. The highest BCUT2D eigenvalue weighted by molar-refractivity contribution is 5.97. The lowest BCUT2D eigenvalue weighted by molar-refractivity contribution is 0.0991. The highest BCUT2D eigenvalue weighted by Crippen LogP contribution is 2.33. The van der Waals surface area contributed by atoms with Gasteiger partial charge in [-0.15, -0.1) is 0 Å². The Hall–Kier alpha value is -5.64. The molecule has 8 nitrogen and oxygen atoms in total. The summed E-state index contributed by atoms with van der Waals surface area (Å²) in [7, 11) is 1.53. The molecule has 0 spiro atoms. The number of fused-ring (bicyclic) bond motifs is 1. The van der Waals surface area contributed by atoms with Gasteiger partial charge in [0.15, 0.2) is 23.1 Å². The van der Waals surface area contributed by atoms with E-state index in [4.69, 9.17) is 9.47 Å². The SMILES string of the molecule is COc1ccc(-c2cc(Oc3ccc(CC(=O)c4cccn(-c5ccc(F)cc5)c4=O)cc3F)c3ccnn3c2)cn1. The fourth-order valence-electron chi connectivity index (χ4n) is 4.56. The summed E-state index contributed by atoms with van der Waals surface area (Å²) >= 11 is 0. The number of rotatable bonds is 8. The van der Waals surface area contributed by atoms with Crippen molar-refractivity contribution < 1.29 is 23.0 Å². The van der Waals surface area contributed by atoms with E-state index >= 15 is 4.39 Å². The lowest BCUT2D eigenvalue weighted by Crippen LogP contribution is -2.25. The van der Waals surface area contributed by atoms with Crippen molar-refractivity contribution in [2.45, 2.75) is 6.42 Å². The minimum absolute atomic E-state index is 0.0438. The minimum Gasteiger partial charge on any atom is -0.481 e. The Kier molecular flexibility index (Phi) is 7.02. The van der Waals surface area contributed by atoms with Crippen LogP contribution in [-0.2, 0) is 6.42 Å². The van der Waals surface area contributed by atoms with Crippen molar-refractivity contribution in [3.05, 3.63) is 137 Å². The average molecular weight is 565 g/mol. The predicted molar refractivity (Wildman–Crippen MR) is 151 cm³/mol. The molecule has 0 amide bonds. The van der Waals surface area contributed by atoms with Gasteiger partial charge in [-0.3, -0.25) is 14.2 Å². The van der Waals surface area contributed by atoms with Gasteiger partial charge in [0.2, 0.25) is 5.88 Å². The number of Topliss-reactive ketones (excluding diaryl/α,β-unsaturated/α-hetero) is 1. The molecule has 0 aliphatic heterocycles. The molecule has 6 rings (SSSR count). The number of hydrogen-bond acceptors (Lipinski definition) is 6. The van der Waals surface area contributed by atoms with Crippen molar-refractivity contribution in [3.63, 3.8) is 0 Å². The molecule has 0 radical (unpaired) electrons. The summed E-state index contributed by atoms with van der Waals surface area (Å²) in [5.41, 5.74) is 2.33. The van der Waals surface area contributed by atoms with Crippen molar-refractivity contribution in [1.82, 2.24) is 19.2 Å². The molecule has 0 atom stereocenters. The van der Waals surface area contributed by atoms with Crippen molar-refractivity contribution in [1.29, 1.82) is 0 Å². The molecule has 0 fully saturated rings. The van der Waals surface area contributed by atoms with Gasteiger partial charge in [0.1, 0.15) is 11.3 Å². The molecule has 0 saturated heterocycles. The smallest absolute Gasteiger partial charge is 0.265 e. The maximum absolute atomic E-state index is 15.2. The molecule has 4 heterocycles. The molecule has 0 unspecified atom stereocenters. The second-order valence-electron chi connectivity index (χ2n) is 9.38. The molecule has 0 saturated carbocycles. The molecule has 6 aromatic rings. The Labute approximate surface area is 238 Å². The first-order valence-electron chi connectivity index (χ1n) is 12.8. The molecule has 4 aromatic heterocycles. The fourth-order valence-corrected chi connectivity index (χ4v) is 4.56. The molecule has 208 valence electrons. The number of hydrogen-bond donors (Lipinski definition) is 0. The second kappa shape index (κ2) is 11.1. The lowest BCUT2D eigenvalue weighted by atomic mass is 10.0. The van der Waals surface area contributed by atoms with Gasteiger partial charge < -0.3 is 9.47 Å². The van der Waals surface area contributed by atoms with Crippen molar-refractivity contribution in [2.24, 2.45) is 0 Å². The Morgan fingerprint density at radius 1 is 0.929 bits per heavy atom. The van der Waals surface area contributed by atoms with E-state index in [-0.39, 0.29) is 17.7 Å². The van der Waals surface area contributed by atoms with E-state index in [1.807, 2.05) is 12.3 Å². The van der Waals surface area contributed by atoms with E-state index in [0.717, 1.165) is 11.1 Å². The van der Waals surface area contributed by atoms with Gasteiger partial charge >= 0.3 is 0 Å². The van der Waals surface area contributed by atoms with Crippen molar-refractivity contribution >= 4 is 11.3 Å². The molecule has 10 heteroatoms. The van der Waals surface area contributed by atoms with Crippen molar-refractivity contribution in [2.75, 3.05) is 7.11 Å². The van der Waals surface area contributed by atoms with Crippen LogP contribution in [0.5, 0.6) is 17.4 Å². The molecular formula is C32H22F2N4O4. The Bertz CT molecular complexity index is 1980. The third-order valence-electron chi connectivity index (χ3n) is 6.68. The van der Waals surface area contributed by atoms with E-state index in [2.05, 4.69) is 10.1 Å². The highest BCUT2D eigenvalue weighted by Gasteiger charge is 2.17. The van der Waals surface area contributed by atoms with Crippen LogP contribution in [-0.4, -0.2) is 32.1 Å². The Balaban J connectivity index is 1.24. The maximum Gasteiger partial charge on any atom is 0.265 e. The van der Waals surface area contributed by atoms with Crippen LogP contribution in [0, 0.1) is 11.6 Å². The number of benzene rings is 2. The quantitative estimate of drug-likeness (QED) is 0.209.